The lowest BCUT2D eigenvalue weighted by atomic mass is 10.0. The van der Waals surface area contributed by atoms with Crippen LogP contribution in [0, 0.1) is 0 Å². The van der Waals surface area contributed by atoms with E-state index in [4.69, 9.17) is 14.2 Å². The summed E-state index contributed by atoms with van der Waals surface area (Å²) >= 11 is 1.56. The van der Waals surface area contributed by atoms with Gasteiger partial charge in [0, 0.05) is 11.7 Å². The Balaban J connectivity index is 1.45. The summed E-state index contributed by atoms with van der Waals surface area (Å²) in [5, 5.41) is 10.7. The second-order valence-electron chi connectivity index (χ2n) is 8.63. The van der Waals surface area contributed by atoms with Crippen molar-refractivity contribution in [2.45, 2.75) is 55.1 Å². The number of benzene rings is 3. The summed E-state index contributed by atoms with van der Waals surface area (Å²) < 4.78 is 18.6. The highest BCUT2D eigenvalue weighted by Crippen LogP contribution is 2.42. The van der Waals surface area contributed by atoms with Crippen LogP contribution >= 0.6 is 11.8 Å². The molecule has 6 heteroatoms. The van der Waals surface area contributed by atoms with E-state index in [2.05, 4.69) is 0 Å². The second kappa shape index (κ2) is 13.6. The zero-order valence-electron chi connectivity index (χ0n) is 19.6. The summed E-state index contributed by atoms with van der Waals surface area (Å²) in [5.41, 5.74) is 3.16. The van der Waals surface area contributed by atoms with Crippen molar-refractivity contribution in [1.82, 2.24) is 0 Å². The molecule has 1 saturated heterocycles. The van der Waals surface area contributed by atoms with Crippen LogP contribution in [-0.2, 0) is 38.8 Å². The first-order valence-electron chi connectivity index (χ1n) is 11.9. The number of aliphatic hydroxyl groups excluding tert-OH is 1. The molecule has 184 valence electrons. The predicted molar refractivity (Wildman–Crippen MR) is 138 cm³/mol. The van der Waals surface area contributed by atoms with E-state index in [-0.39, 0.29) is 29.3 Å². The first-order chi connectivity index (χ1) is 17.2. The quantitative estimate of drug-likeness (QED) is 0.346. The normalized spacial score (nSPS) is 22.7. The molecule has 0 aliphatic carbocycles. The lowest BCUT2D eigenvalue weighted by Crippen LogP contribution is -2.43. The van der Waals surface area contributed by atoms with Gasteiger partial charge in [-0.25, -0.2) is 0 Å². The number of hydrogen-bond acceptors (Lipinski definition) is 6. The van der Waals surface area contributed by atoms with Crippen LogP contribution in [0.15, 0.2) is 91.0 Å². The lowest BCUT2D eigenvalue weighted by Gasteiger charge is -2.28. The summed E-state index contributed by atoms with van der Waals surface area (Å²) in [6.07, 6.45) is -0.217. The van der Waals surface area contributed by atoms with Gasteiger partial charge < -0.3 is 24.1 Å². The smallest absolute Gasteiger partial charge is 0.121 e. The number of ether oxygens (including phenoxy) is 3. The minimum Gasteiger partial charge on any atom is -0.389 e. The number of rotatable bonds is 13. The average Bonchev–Trinajstić information content (AvgIpc) is 3.25. The number of aldehydes is 1. The van der Waals surface area contributed by atoms with Gasteiger partial charge in [0.25, 0.3) is 0 Å². The van der Waals surface area contributed by atoms with Gasteiger partial charge in [-0.15, -0.1) is 11.8 Å². The minimum atomic E-state index is -0.760. The maximum atomic E-state index is 11.5. The Morgan fingerprint density at radius 3 is 1.74 bits per heavy atom. The molecule has 5 nitrogen and oxygen atoms in total. The molecule has 1 N–H and O–H groups in total. The Labute approximate surface area is 211 Å². The van der Waals surface area contributed by atoms with Crippen LogP contribution in [0.1, 0.15) is 23.1 Å². The summed E-state index contributed by atoms with van der Waals surface area (Å²) in [6.45, 7) is 1.42. The van der Waals surface area contributed by atoms with Gasteiger partial charge in [0.15, 0.2) is 0 Å². The Bertz CT molecular complexity index is 1000. The molecule has 5 atom stereocenters. The number of thioether (sulfide) groups is 1. The van der Waals surface area contributed by atoms with Crippen molar-refractivity contribution >= 4 is 18.0 Å². The van der Waals surface area contributed by atoms with Crippen molar-refractivity contribution in [3.8, 4) is 0 Å². The Hall–Kier alpha value is -2.48. The van der Waals surface area contributed by atoms with Crippen LogP contribution in [0.3, 0.4) is 0 Å². The van der Waals surface area contributed by atoms with Gasteiger partial charge in [0.05, 0.1) is 50.0 Å². The summed E-state index contributed by atoms with van der Waals surface area (Å²) in [7, 11) is 0. The van der Waals surface area contributed by atoms with Gasteiger partial charge in [-0.1, -0.05) is 91.0 Å². The van der Waals surface area contributed by atoms with Crippen molar-refractivity contribution in [1.29, 1.82) is 0 Å². The molecule has 0 bridgehead atoms. The first kappa shape index (κ1) is 25.6. The Morgan fingerprint density at radius 1 is 0.743 bits per heavy atom. The van der Waals surface area contributed by atoms with Gasteiger partial charge in [-0.05, 0) is 16.7 Å². The number of carbonyl (C=O) groups excluding carboxylic acids is 1. The van der Waals surface area contributed by atoms with E-state index >= 15 is 0 Å². The van der Waals surface area contributed by atoms with E-state index in [0.717, 1.165) is 23.0 Å². The molecule has 35 heavy (non-hydrogen) atoms. The van der Waals surface area contributed by atoms with Crippen LogP contribution in [0.25, 0.3) is 0 Å². The SMILES string of the molecule is O=CC[C@@H]1S[C@H]([C@H](O)COCc2ccccc2)[C@H](OCc2ccccc2)[C@H]1OCc1ccccc1. The van der Waals surface area contributed by atoms with E-state index in [1.165, 1.54) is 0 Å². The van der Waals surface area contributed by atoms with Crippen molar-refractivity contribution in [2.24, 2.45) is 0 Å². The third-order valence-electron chi connectivity index (χ3n) is 6.02. The van der Waals surface area contributed by atoms with Gasteiger partial charge in [0.2, 0.25) is 0 Å². The highest BCUT2D eigenvalue weighted by Gasteiger charge is 2.48. The molecule has 0 amide bonds. The molecule has 1 aliphatic rings. The summed E-state index contributed by atoms with van der Waals surface area (Å²) in [6, 6.07) is 29.8. The van der Waals surface area contributed by atoms with Crippen molar-refractivity contribution < 1.29 is 24.1 Å². The molecule has 4 rings (SSSR count). The maximum Gasteiger partial charge on any atom is 0.121 e. The van der Waals surface area contributed by atoms with E-state index in [1.807, 2.05) is 91.0 Å². The van der Waals surface area contributed by atoms with Gasteiger partial charge in [-0.3, -0.25) is 0 Å². The van der Waals surface area contributed by atoms with E-state index < -0.39 is 6.10 Å². The molecule has 0 saturated carbocycles. The number of carbonyl (C=O) groups is 1. The number of aliphatic hydroxyl groups is 1. The molecule has 0 unspecified atom stereocenters. The zero-order chi connectivity index (χ0) is 24.3. The molecule has 0 aromatic heterocycles. The fourth-order valence-electron chi connectivity index (χ4n) is 4.24. The Kier molecular flexibility index (Phi) is 9.93. The molecule has 3 aromatic carbocycles. The minimum absolute atomic E-state index is 0.106. The highest BCUT2D eigenvalue weighted by molar-refractivity contribution is 8.01. The molecule has 0 radical (unpaired) electrons. The largest absolute Gasteiger partial charge is 0.389 e. The van der Waals surface area contributed by atoms with E-state index in [9.17, 15) is 9.90 Å². The van der Waals surface area contributed by atoms with Crippen LogP contribution < -0.4 is 0 Å². The van der Waals surface area contributed by atoms with Gasteiger partial charge in [-0.2, -0.15) is 0 Å². The standard InChI is InChI=1S/C29H32O5S/c30-17-16-26-27(33-19-23-12-6-2-7-13-23)28(34-20-24-14-8-3-9-15-24)29(35-26)25(31)21-32-18-22-10-4-1-5-11-22/h1-15,17,25-29,31H,16,18-21H2/t25-,26+,27+,28-,29-/m1/s1. The molecule has 1 aliphatic heterocycles. The molecule has 3 aromatic rings. The lowest BCUT2D eigenvalue weighted by molar-refractivity contribution is -0.111. The fourth-order valence-corrected chi connectivity index (χ4v) is 5.87. The van der Waals surface area contributed by atoms with Crippen LogP contribution in [0.5, 0.6) is 0 Å². The number of hydrogen-bond donors (Lipinski definition) is 1. The molecule has 1 fully saturated rings. The first-order valence-corrected chi connectivity index (χ1v) is 12.9. The fraction of sp³-hybridized carbons (Fsp3) is 0.345. The van der Waals surface area contributed by atoms with Crippen molar-refractivity contribution in [3.05, 3.63) is 108 Å². The monoisotopic (exact) mass is 492 g/mol. The summed E-state index contributed by atoms with van der Waals surface area (Å²) in [5.74, 6) is 0. The third-order valence-corrected chi connectivity index (χ3v) is 7.73. The van der Waals surface area contributed by atoms with Crippen LogP contribution in [0.4, 0.5) is 0 Å². The van der Waals surface area contributed by atoms with E-state index in [1.54, 1.807) is 11.8 Å². The third kappa shape index (κ3) is 7.50. The summed E-state index contributed by atoms with van der Waals surface area (Å²) in [4.78, 5) is 11.5. The average molecular weight is 493 g/mol. The molecule has 0 spiro atoms. The van der Waals surface area contributed by atoms with Crippen molar-refractivity contribution in [3.63, 3.8) is 0 Å². The Morgan fingerprint density at radius 2 is 1.23 bits per heavy atom. The zero-order valence-corrected chi connectivity index (χ0v) is 20.5. The predicted octanol–water partition coefficient (Wildman–Crippen LogP) is 4.81. The van der Waals surface area contributed by atoms with Crippen molar-refractivity contribution in [2.75, 3.05) is 6.61 Å². The van der Waals surface area contributed by atoms with Crippen LogP contribution in [0.2, 0.25) is 0 Å². The van der Waals surface area contributed by atoms with Gasteiger partial charge >= 0.3 is 0 Å². The van der Waals surface area contributed by atoms with Crippen LogP contribution in [-0.4, -0.2) is 46.8 Å². The highest BCUT2D eigenvalue weighted by atomic mass is 32.2. The molecular formula is C29H32O5S. The van der Waals surface area contributed by atoms with Gasteiger partial charge in [0.1, 0.15) is 6.29 Å². The molecular weight excluding hydrogens is 460 g/mol. The topological polar surface area (TPSA) is 65.0 Å². The molecule has 1 heterocycles. The van der Waals surface area contributed by atoms with E-state index in [0.29, 0.717) is 26.2 Å². The second-order valence-corrected chi connectivity index (χ2v) is 10.1. The maximum absolute atomic E-state index is 11.5.